The van der Waals surface area contributed by atoms with Crippen LogP contribution in [-0.4, -0.2) is 26.4 Å². The quantitative estimate of drug-likeness (QED) is 0.467. The van der Waals surface area contributed by atoms with Crippen LogP contribution in [0.1, 0.15) is 40.7 Å². The first-order valence-electron chi connectivity index (χ1n) is 11.2. The molecule has 1 fully saturated rings. The summed E-state index contributed by atoms with van der Waals surface area (Å²) in [4.78, 5) is 24.9. The molecule has 166 valence electrons. The summed E-state index contributed by atoms with van der Waals surface area (Å²) in [6.07, 6.45) is 4.87. The Bertz CT molecular complexity index is 1320. The average molecular weight is 440 g/mol. The average Bonchev–Trinajstić information content (AvgIpc) is 3.20. The number of hydrogen-bond acceptors (Lipinski definition) is 4. The molecule has 0 unspecified atom stereocenters. The van der Waals surface area contributed by atoms with E-state index in [1.54, 1.807) is 12.1 Å². The third-order valence-corrected chi connectivity index (χ3v) is 6.09. The number of aryl methyl sites for hydroxylation is 1. The van der Waals surface area contributed by atoms with E-state index in [9.17, 15) is 9.59 Å². The summed E-state index contributed by atoms with van der Waals surface area (Å²) >= 11 is 0. The third kappa shape index (κ3) is 4.48. The van der Waals surface area contributed by atoms with Gasteiger partial charge in [-0.05, 0) is 49.6 Å². The molecular formula is C26H25N5O2. The number of carbonyl (C=O) groups excluding carboxylic acids is 2. The second-order valence-corrected chi connectivity index (χ2v) is 8.54. The largest absolute Gasteiger partial charge is 0.348 e. The van der Waals surface area contributed by atoms with Gasteiger partial charge in [-0.15, -0.1) is 10.2 Å². The van der Waals surface area contributed by atoms with Crippen molar-refractivity contribution in [2.45, 2.75) is 32.7 Å². The standard InChI is InChI=1S/C26H25N5O2/c1-17-4-2-5-18(14-17)15-27-25(32)21-10-8-19(9-11-21)24-30-29-23-13-12-22(16-31(23)24)28-26(33)20-6-3-7-20/h2,4-5,8-14,16,20H,3,6-7,15H2,1H3,(H,27,32)(H,28,33). The Morgan fingerprint density at radius 1 is 1.03 bits per heavy atom. The first kappa shape index (κ1) is 20.9. The van der Waals surface area contributed by atoms with E-state index >= 15 is 0 Å². The lowest BCUT2D eigenvalue weighted by Gasteiger charge is -2.24. The zero-order valence-corrected chi connectivity index (χ0v) is 18.4. The summed E-state index contributed by atoms with van der Waals surface area (Å²) in [5.41, 5.74) is 5.04. The molecule has 5 rings (SSSR count). The van der Waals surface area contributed by atoms with E-state index in [0.717, 1.165) is 36.0 Å². The van der Waals surface area contributed by atoms with Crippen molar-refractivity contribution in [2.75, 3.05) is 5.32 Å². The smallest absolute Gasteiger partial charge is 0.251 e. The van der Waals surface area contributed by atoms with Crippen molar-refractivity contribution in [3.8, 4) is 11.4 Å². The van der Waals surface area contributed by atoms with Crippen molar-refractivity contribution in [3.05, 3.63) is 83.6 Å². The highest BCUT2D eigenvalue weighted by atomic mass is 16.2. The van der Waals surface area contributed by atoms with Crippen molar-refractivity contribution in [2.24, 2.45) is 5.92 Å². The van der Waals surface area contributed by atoms with E-state index in [1.165, 1.54) is 0 Å². The number of nitrogens with zero attached hydrogens (tertiary/aromatic N) is 3. The molecule has 0 saturated heterocycles. The van der Waals surface area contributed by atoms with Crippen molar-refractivity contribution in [1.29, 1.82) is 0 Å². The molecule has 33 heavy (non-hydrogen) atoms. The minimum atomic E-state index is -0.129. The number of nitrogens with one attached hydrogen (secondary N) is 2. The Hall–Kier alpha value is -4.00. The first-order valence-corrected chi connectivity index (χ1v) is 11.2. The number of rotatable bonds is 6. The molecule has 0 radical (unpaired) electrons. The Balaban J connectivity index is 1.30. The van der Waals surface area contributed by atoms with Crippen LogP contribution in [0.5, 0.6) is 0 Å². The van der Waals surface area contributed by atoms with Crippen molar-refractivity contribution >= 4 is 23.1 Å². The van der Waals surface area contributed by atoms with E-state index in [2.05, 4.69) is 26.9 Å². The fraction of sp³-hybridized carbons (Fsp3) is 0.231. The first-order chi connectivity index (χ1) is 16.1. The molecule has 1 aliphatic rings. The van der Waals surface area contributed by atoms with Crippen LogP contribution in [0.3, 0.4) is 0 Å². The molecule has 0 atom stereocenters. The molecular weight excluding hydrogens is 414 g/mol. The molecule has 2 aromatic heterocycles. The summed E-state index contributed by atoms with van der Waals surface area (Å²) in [5, 5.41) is 14.5. The second-order valence-electron chi connectivity index (χ2n) is 8.54. The number of pyridine rings is 1. The maximum Gasteiger partial charge on any atom is 0.251 e. The Kier molecular flexibility index (Phi) is 5.60. The molecule has 1 saturated carbocycles. The molecule has 1 aliphatic carbocycles. The van der Waals surface area contributed by atoms with Crippen LogP contribution < -0.4 is 10.6 Å². The molecule has 2 amide bonds. The van der Waals surface area contributed by atoms with Gasteiger partial charge < -0.3 is 10.6 Å². The zero-order valence-electron chi connectivity index (χ0n) is 18.4. The molecule has 2 N–H and O–H groups in total. The Morgan fingerprint density at radius 2 is 1.85 bits per heavy atom. The number of anilines is 1. The summed E-state index contributed by atoms with van der Waals surface area (Å²) in [6, 6.07) is 19.0. The third-order valence-electron chi connectivity index (χ3n) is 6.09. The summed E-state index contributed by atoms with van der Waals surface area (Å²) in [6.45, 7) is 2.51. The fourth-order valence-electron chi connectivity index (χ4n) is 3.95. The fourth-order valence-corrected chi connectivity index (χ4v) is 3.95. The van der Waals surface area contributed by atoms with E-state index in [4.69, 9.17) is 0 Å². The van der Waals surface area contributed by atoms with Gasteiger partial charge in [-0.25, -0.2) is 0 Å². The zero-order chi connectivity index (χ0) is 22.8. The van der Waals surface area contributed by atoms with Gasteiger partial charge >= 0.3 is 0 Å². The van der Waals surface area contributed by atoms with E-state index in [-0.39, 0.29) is 17.7 Å². The Labute approximate surface area is 191 Å². The molecule has 0 bridgehead atoms. The SMILES string of the molecule is Cc1cccc(CNC(=O)c2ccc(-c3nnc4ccc(NC(=O)C5CCC5)cn34)cc2)c1. The van der Waals surface area contributed by atoms with Crippen LogP contribution in [0.25, 0.3) is 17.0 Å². The Morgan fingerprint density at radius 3 is 2.58 bits per heavy atom. The molecule has 2 aromatic carbocycles. The van der Waals surface area contributed by atoms with Gasteiger partial charge in [0.15, 0.2) is 11.5 Å². The van der Waals surface area contributed by atoms with Crippen LogP contribution in [0.4, 0.5) is 5.69 Å². The maximum atomic E-state index is 12.6. The van der Waals surface area contributed by atoms with Crippen LogP contribution in [0.15, 0.2) is 66.9 Å². The second kappa shape index (κ2) is 8.86. The van der Waals surface area contributed by atoms with Gasteiger partial charge in [-0.3, -0.25) is 14.0 Å². The van der Waals surface area contributed by atoms with Gasteiger partial charge in [0.2, 0.25) is 5.91 Å². The van der Waals surface area contributed by atoms with Crippen molar-refractivity contribution in [1.82, 2.24) is 19.9 Å². The number of hydrogen-bond donors (Lipinski definition) is 2. The van der Waals surface area contributed by atoms with Gasteiger partial charge in [0.05, 0.1) is 5.69 Å². The van der Waals surface area contributed by atoms with Gasteiger partial charge in [-0.2, -0.15) is 0 Å². The van der Waals surface area contributed by atoms with E-state index in [1.807, 2.05) is 60.0 Å². The van der Waals surface area contributed by atoms with Crippen LogP contribution in [0, 0.1) is 12.8 Å². The summed E-state index contributed by atoms with van der Waals surface area (Å²) in [5.74, 6) is 0.702. The van der Waals surface area contributed by atoms with Crippen LogP contribution >= 0.6 is 0 Å². The predicted molar refractivity (Wildman–Crippen MR) is 127 cm³/mol. The van der Waals surface area contributed by atoms with E-state index < -0.39 is 0 Å². The minimum absolute atomic E-state index is 0.0660. The molecule has 2 heterocycles. The van der Waals surface area contributed by atoms with Crippen LogP contribution in [0.2, 0.25) is 0 Å². The lowest BCUT2D eigenvalue weighted by molar-refractivity contribution is -0.122. The van der Waals surface area contributed by atoms with Crippen molar-refractivity contribution < 1.29 is 9.59 Å². The molecule has 7 nitrogen and oxygen atoms in total. The number of aromatic nitrogens is 3. The van der Waals surface area contributed by atoms with Crippen LogP contribution in [-0.2, 0) is 11.3 Å². The highest BCUT2D eigenvalue weighted by molar-refractivity contribution is 5.94. The van der Waals surface area contributed by atoms with Gasteiger partial charge in [0.1, 0.15) is 0 Å². The molecule has 4 aromatic rings. The van der Waals surface area contributed by atoms with Gasteiger partial charge in [-0.1, -0.05) is 48.4 Å². The predicted octanol–water partition coefficient (Wildman–Crippen LogP) is 4.37. The number of benzene rings is 2. The van der Waals surface area contributed by atoms with E-state index in [0.29, 0.717) is 29.3 Å². The lowest BCUT2D eigenvalue weighted by atomic mass is 9.85. The number of amides is 2. The number of carbonyl (C=O) groups is 2. The van der Waals surface area contributed by atoms with Gasteiger partial charge in [0.25, 0.3) is 5.91 Å². The molecule has 0 spiro atoms. The lowest BCUT2D eigenvalue weighted by Crippen LogP contribution is -2.28. The monoisotopic (exact) mass is 439 g/mol. The normalized spacial score (nSPS) is 13.5. The van der Waals surface area contributed by atoms with Crippen molar-refractivity contribution in [3.63, 3.8) is 0 Å². The van der Waals surface area contributed by atoms with Gasteiger partial charge in [0, 0.05) is 29.8 Å². The molecule has 7 heteroatoms. The maximum absolute atomic E-state index is 12.6. The minimum Gasteiger partial charge on any atom is -0.348 e. The highest BCUT2D eigenvalue weighted by Crippen LogP contribution is 2.28. The number of fused-ring (bicyclic) bond motifs is 1. The highest BCUT2D eigenvalue weighted by Gasteiger charge is 2.25. The summed E-state index contributed by atoms with van der Waals surface area (Å²) in [7, 11) is 0. The topological polar surface area (TPSA) is 88.4 Å². The summed E-state index contributed by atoms with van der Waals surface area (Å²) < 4.78 is 1.85. The molecule has 0 aliphatic heterocycles.